The van der Waals surface area contributed by atoms with Crippen LogP contribution in [0.4, 0.5) is 5.69 Å². The summed E-state index contributed by atoms with van der Waals surface area (Å²) in [6, 6.07) is 15.3. The van der Waals surface area contributed by atoms with Gasteiger partial charge in [-0.1, -0.05) is 37.6 Å². The van der Waals surface area contributed by atoms with Crippen LogP contribution >= 0.6 is 0 Å². The Morgan fingerprint density at radius 3 is 2.54 bits per heavy atom. The van der Waals surface area contributed by atoms with E-state index in [1.165, 1.54) is 0 Å². The molecule has 4 nitrogen and oxygen atoms in total. The molecule has 0 radical (unpaired) electrons. The van der Waals surface area contributed by atoms with Gasteiger partial charge < -0.3 is 14.8 Å². The number of benzene rings is 2. The smallest absolute Gasteiger partial charge is 0.224 e. The third kappa shape index (κ3) is 5.61. The van der Waals surface area contributed by atoms with E-state index in [1.807, 2.05) is 48.5 Å². The molecule has 0 bridgehead atoms. The van der Waals surface area contributed by atoms with Crippen LogP contribution in [0.3, 0.4) is 0 Å². The highest BCUT2D eigenvalue weighted by Crippen LogP contribution is 2.24. The van der Waals surface area contributed by atoms with Gasteiger partial charge in [-0.15, -0.1) is 0 Å². The van der Waals surface area contributed by atoms with Crippen LogP contribution in [-0.2, 0) is 11.2 Å². The van der Waals surface area contributed by atoms with E-state index in [4.69, 9.17) is 9.47 Å². The van der Waals surface area contributed by atoms with Gasteiger partial charge in [-0.25, -0.2) is 0 Å². The van der Waals surface area contributed by atoms with Crippen LogP contribution in [0.15, 0.2) is 48.5 Å². The highest BCUT2D eigenvalue weighted by atomic mass is 16.5. The molecular formula is C20H25NO3. The minimum atomic E-state index is -0.0163. The third-order valence-corrected chi connectivity index (χ3v) is 3.72. The van der Waals surface area contributed by atoms with Gasteiger partial charge in [0.25, 0.3) is 0 Å². The number of aryl methyl sites for hydroxylation is 1. The van der Waals surface area contributed by atoms with Crippen molar-refractivity contribution in [3.8, 4) is 11.5 Å². The maximum atomic E-state index is 12.2. The van der Waals surface area contributed by atoms with Gasteiger partial charge in [0.1, 0.15) is 11.5 Å². The first kappa shape index (κ1) is 17.9. The highest BCUT2D eigenvalue weighted by Gasteiger charge is 2.08. The van der Waals surface area contributed by atoms with Gasteiger partial charge in [-0.2, -0.15) is 0 Å². The van der Waals surface area contributed by atoms with Gasteiger partial charge in [0, 0.05) is 6.42 Å². The Balaban J connectivity index is 1.87. The average Bonchev–Trinajstić information content (AvgIpc) is 2.62. The number of anilines is 1. The second-order valence-electron chi connectivity index (χ2n) is 5.59. The molecule has 4 heteroatoms. The molecule has 0 spiro atoms. The molecule has 2 rings (SSSR count). The summed E-state index contributed by atoms with van der Waals surface area (Å²) in [6.45, 7) is 2.78. The minimum Gasteiger partial charge on any atom is -0.497 e. The zero-order chi connectivity index (χ0) is 17.2. The molecule has 0 saturated carbocycles. The van der Waals surface area contributed by atoms with Gasteiger partial charge in [-0.05, 0) is 42.7 Å². The molecular weight excluding hydrogens is 302 g/mol. The minimum absolute atomic E-state index is 0.0163. The van der Waals surface area contributed by atoms with Crippen molar-refractivity contribution >= 4 is 11.6 Å². The summed E-state index contributed by atoms with van der Waals surface area (Å²) in [4.78, 5) is 12.2. The first-order valence-electron chi connectivity index (χ1n) is 8.37. The number of carbonyl (C=O) groups is 1. The van der Waals surface area contributed by atoms with E-state index in [9.17, 15) is 4.79 Å². The fourth-order valence-corrected chi connectivity index (χ4v) is 2.29. The lowest BCUT2D eigenvalue weighted by Crippen LogP contribution is -2.13. The lowest BCUT2D eigenvalue weighted by atomic mass is 10.1. The number of rotatable bonds is 9. The molecule has 0 atom stereocenters. The predicted octanol–water partition coefficient (Wildman–Crippen LogP) is 4.45. The molecule has 0 unspecified atom stereocenters. The first-order valence-corrected chi connectivity index (χ1v) is 8.37. The predicted molar refractivity (Wildman–Crippen MR) is 96.8 cm³/mol. The fourth-order valence-electron chi connectivity index (χ4n) is 2.29. The van der Waals surface area contributed by atoms with Crippen molar-refractivity contribution in [2.24, 2.45) is 0 Å². The number of hydrogen-bond acceptors (Lipinski definition) is 3. The molecule has 0 aromatic heterocycles. The number of carbonyl (C=O) groups excluding carboxylic acids is 1. The first-order chi connectivity index (χ1) is 11.7. The molecule has 0 aliphatic carbocycles. The molecule has 128 valence electrons. The van der Waals surface area contributed by atoms with E-state index in [0.29, 0.717) is 19.4 Å². The summed E-state index contributed by atoms with van der Waals surface area (Å²) < 4.78 is 10.9. The Hall–Kier alpha value is -2.49. The maximum Gasteiger partial charge on any atom is 0.224 e. The van der Waals surface area contributed by atoms with Crippen LogP contribution in [-0.4, -0.2) is 19.6 Å². The lowest BCUT2D eigenvalue weighted by molar-refractivity contribution is -0.116. The maximum absolute atomic E-state index is 12.2. The third-order valence-electron chi connectivity index (χ3n) is 3.72. The van der Waals surface area contributed by atoms with Crippen molar-refractivity contribution in [1.82, 2.24) is 0 Å². The fraction of sp³-hybridized carbons (Fsp3) is 0.350. The van der Waals surface area contributed by atoms with Crippen molar-refractivity contribution in [2.75, 3.05) is 19.0 Å². The summed E-state index contributed by atoms with van der Waals surface area (Å²) in [7, 11) is 1.64. The standard InChI is InChI=1S/C20H25NO3/c1-3-4-15-24-19-8-6-5-7-18(19)21-20(22)14-11-16-9-12-17(23-2)13-10-16/h5-10,12-13H,3-4,11,14-15H2,1-2H3,(H,21,22). The molecule has 1 N–H and O–H groups in total. The van der Waals surface area contributed by atoms with E-state index in [-0.39, 0.29) is 5.91 Å². The molecule has 24 heavy (non-hydrogen) atoms. The van der Waals surface area contributed by atoms with Gasteiger partial charge >= 0.3 is 0 Å². The second-order valence-corrected chi connectivity index (χ2v) is 5.59. The van der Waals surface area contributed by atoms with Gasteiger partial charge in [-0.3, -0.25) is 4.79 Å². The Labute approximate surface area is 143 Å². The quantitative estimate of drug-likeness (QED) is 0.692. The van der Waals surface area contributed by atoms with Crippen molar-refractivity contribution in [3.05, 3.63) is 54.1 Å². The Morgan fingerprint density at radius 2 is 1.83 bits per heavy atom. The number of methoxy groups -OCH3 is 1. The molecule has 0 aliphatic rings. The van der Waals surface area contributed by atoms with Crippen LogP contribution in [0.1, 0.15) is 31.7 Å². The summed E-state index contributed by atoms with van der Waals surface area (Å²) >= 11 is 0. The van der Waals surface area contributed by atoms with Crippen LogP contribution in [0.25, 0.3) is 0 Å². The topological polar surface area (TPSA) is 47.6 Å². The van der Waals surface area contributed by atoms with Crippen molar-refractivity contribution < 1.29 is 14.3 Å². The summed E-state index contributed by atoms with van der Waals surface area (Å²) in [5.41, 5.74) is 1.84. The summed E-state index contributed by atoms with van der Waals surface area (Å²) in [6.07, 6.45) is 3.19. The van der Waals surface area contributed by atoms with Gasteiger partial charge in [0.05, 0.1) is 19.4 Å². The molecule has 0 aliphatic heterocycles. The molecule has 1 amide bonds. The number of amides is 1. The summed E-state index contributed by atoms with van der Waals surface area (Å²) in [5.74, 6) is 1.53. The monoisotopic (exact) mass is 327 g/mol. The molecule has 2 aromatic rings. The largest absolute Gasteiger partial charge is 0.497 e. The zero-order valence-corrected chi connectivity index (χ0v) is 14.4. The number of hydrogen-bond donors (Lipinski definition) is 1. The Bertz CT molecular complexity index is 638. The normalized spacial score (nSPS) is 10.2. The van der Waals surface area contributed by atoms with E-state index in [2.05, 4.69) is 12.2 Å². The SMILES string of the molecule is CCCCOc1ccccc1NC(=O)CCc1ccc(OC)cc1. The Kier molecular flexibility index (Phi) is 7.15. The van der Waals surface area contributed by atoms with Crippen molar-refractivity contribution in [3.63, 3.8) is 0 Å². The van der Waals surface area contributed by atoms with Gasteiger partial charge in [0.2, 0.25) is 5.91 Å². The Morgan fingerprint density at radius 1 is 1.08 bits per heavy atom. The molecule has 0 fully saturated rings. The van der Waals surface area contributed by atoms with E-state index >= 15 is 0 Å². The number of nitrogens with one attached hydrogen (secondary N) is 1. The lowest BCUT2D eigenvalue weighted by Gasteiger charge is -2.12. The molecule has 0 saturated heterocycles. The molecule has 0 heterocycles. The van der Waals surface area contributed by atoms with Crippen LogP contribution in [0.2, 0.25) is 0 Å². The van der Waals surface area contributed by atoms with Crippen molar-refractivity contribution in [2.45, 2.75) is 32.6 Å². The summed E-state index contributed by atoms with van der Waals surface area (Å²) in [5, 5.41) is 2.94. The van der Waals surface area contributed by atoms with Crippen LogP contribution < -0.4 is 14.8 Å². The van der Waals surface area contributed by atoms with E-state index in [1.54, 1.807) is 7.11 Å². The van der Waals surface area contributed by atoms with E-state index in [0.717, 1.165) is 35.6 Å². The van der Waals surface area contributed by atoms with Crippen LogP contribution in [0, 0.1) is 0 Å². The molecule has 2 aromatic carbocycles. The van der Waals surface area contributed by atoms with Gasteiger partial charge in [0.15, 0.2) is 0 Å². The van der Waals surface area contributed by atoms with Crippen molar-refractivity contribution in [1.29, 1.82) is 0 Å². The number of ether oxygens (including phenoxy) is 2. The second kappa shape index (κ2) is 9.60. The zero-order valence-electron chi connectivity index (χ0n) is 14.4. The highest BCUT2D eigenvalue weighted by molar-refractivity contribution is 5.92. The number of para-hydroxylation sites is 2. The van der Waals surface area contributed by atoms with E-state index < -0.39 is 0 Å². The number of unbranched alkanes of at least 4 members (excludes halogenated alkanes) is 1. The van der Waals surface area contributed by atoms with Crippen LogP contribution in [0.5, 0.6) is 11.5 Å². The average molecular weight is 327 g/mol.